The number of fused-ring (bicyclic) bond motifs is 1. The Hall–Kier alpha value is -2.27. The third-order valence-electron chi connectivity index (χ3n) is 4.48. The van der Waals surface area contributed by atoms with Gasteiger partial charge in [0.15, 0.2) is 5.65 Å². The molecule has 0 bridgehead atoms. The first-order valence-electron chi connectivity index (χ1n) is 8.08. The molecule has 3 aromatic rings. The van der Waals surface area contributed by atoms with Gasteiger partial charge in [0.2, 0.25) is 0 Å². The maximum Gasteiger partial charge on any atom is 0.160 e. The van der Waals surface area contributed by atoms with Gasteiger partial charge in [0.05, 0.1) is 6.54 Å². The van der Waals surface area contributed by atoms with Crippen molar-refractivity contribution in [1.82, 2.24) is 19.9 Å². The molecule has 1 aliphatic rings. The Morgan fingerprint density at radius 2 is 2.13 bits per heavy atom. The molecule has 1 fully saturated rings. The van der Waals surface area contributed by atoms with E-state index in [1.165, 1.54) is 6.07 Å². The minimum Gasteiger partial charge on any atom is -0.316 e. The third-order valence-corrected chi connectivity index (χ3v) is 4.48. The summed E-state index contributed by atoms with van der Waals surface area (Å²) < 4.78 is 16.2. The number of halogens is 1. The summed E-state index contributed by atoms with van der Waals surface area (Å²) in [6.07, 6.45) is 4.01. The van der Waals surface area contributed by atoms with Gasteiger partial charge < -0.3 is 9.88 Å². The highest BCUT2D eigenvalue weighted by atomic mass is 19.1. The Labute approximate surface area is 134 Å². The van der Waals surface area contributed by atoms with Crippen LogP contribution in [0.4, 0.5) is 4.39 Å². The maximum absolute atomic E-state index is 14.1. The SMILES string of the molecule is Fc1ccccc1Cn1c(C2CCCNC2)nc2cccnc21. The van der Waals surface area contributed by atoms with Crippen molar-refractivity contribution in [2.75, 3.05) is 13.1 Å². The number of piperidine rings is 1. The number of rotatable bonds is 3. The summed E-state index contributed by atoms with van der Waals surface area (Å²) >= 11 is 0. The van der Waals surface area contributed by atoms with Crippen LogP contribution in [0.3, 0.4) is 0 Å². The number of hydrogen-bond donors (Lipinski definition) is 1. The summed E-state index contributed by atoms with van der Waals surface area (Å²) in [5.74, 6) is 1.18. The average Bonchev–Trinajstić information content (AvgIpc) is 2.96. The first-order chi connectivity index (χ1) is 11.3. The molecule has 118 valence electrons. The van der Waals surface area contributed by atoms with Crippen molar-refractivity contribution in [2.45, 2.75) is 25.3 Å². The summed E-state index contributed by atoms with van der Waals surface area (Å²) in [5.41, 5.74) is 2.38. The highest BCUT2D eigenvalue weighted by molar-refractivity contribution is 5.71. The summed E-state index contributed by atoms with van der Waals surface area (Å²) in [7, 11) is 0. The first kappa shape index (κ1) is 14.3. The van der Waals surface area contributed by atoms with Crippen molar-refractivity contribution in [1.29, 1.82) is 0 Å². The molecule has 0 saturated carbocycles. The van der Waals surface area contributed by atoms with Crippen LogP contribution in [0.1, 0.15) is 30.1 Å². The standard InChI is InChI=1S/C18H19FN4/c19-15-7-2-1-5-14(15)12-23-17(13-6-3-9-20-11-13)22-16-8-4-10-21-18(16)23/h1-2,4-5,7-8,10,13,20H,3,6,9,11-12H2. The predicted molar refractivity (Wildman–Crippen MR) is 87.9 cm³/mol. The van der Waals surface area contributed by atoms with Crippen molar-refractivity contribution in [3.05, 3.63) is 59.8 Å². The van der Waals surface area contributed by atoms with Crippen molar-refractivity contribution in [3.8, 4) is 0 Å². The van der Waals surface area contributed by atoms with Crippen LogP contribution in [0.25, 0.3) is 11.2 Å². The van der Waals surface area contributed by atoms with Crippen molar-refractivity contribution < 1.29 is 4.39 Å². The molecule has 5 heteroatoms. The molecule has 4 rings (SSSR count). The van der Waals surface area contributed by atoms with Crippen LogP contribution in [0.5, 0.6) is 0 Å². The molecular formula is C18H19FN4. The highest BCUT2D eigenvalue weighted by Gasteiger charge is 2.23. The number of nitrogens with one attached hydrogen (secondary N) is 1. The van der Waals surface area contributed by atoms with Crippen LogP contribution in [0.2, 0.25) is 0 Å². The average molecular weight is 310 g/mol. The van der Waals surface area contributed by atoms with E-state index in [1.807, 2.05) is 24.3 Å². The zero-order valence-corrected chi connectivity index (χ0v) is 12.9. The molecule has 1 aromatic carbocycles. The Morgan fingerprint density at radius 1 is 1.22 bits per heavy atom. The second-order valence-electron chi connectivity index (χ2n) is 6.04. The molecule has 0 aliphatic carbocycles. The highest BCUT2D eigenvalue weighted by Crippen LogP contribution is 2.27. The van der Waals surface area contributed by atoms with Crippen molar-refractivity contribution in [3.63, 3.8) is 0 Å². The van der Waals surface area contributed by atoms with Gasteiger partial charge in [0, 0.05) is 24.2 Å². The minimum absolute atomic E-state index is 0.182. The van der Waals surface area contributed by atoms with E-state index >= 15 is 0 Å². The second-order valence-corrected chi connectivity index (χ2v) is 6.04. The van der Waals surface area contributed by atoms with E-state index in [9.17, 15) is 4.39 Å². The van der Waals surface area contributed by atoms with Crippen molar-refractivity contribution >= 4 is 11.2 Å². The lowest BCUT2D eigenvalue weighted by Crippen LogP contribution is -2.30. The Morgan fingerprint density at radius 3 is 2.96 bits per heavy atom. The zero-order chi connectivity index (χ0) is 15.6. The van der Waals surface area contributed by atoms with Gasteiger partial charge in [0.1, 0.15) is 17.2 Å². The van der Waals surface area contributed by atoms with Crippen LogP contribution in [-0.2, 0) is 6.54 Å². The summed E-state index contributed by atoms with van der Waals surface area (Å²) in [4.78, 5) is 9.28. The van der Waals surface area contributed by atoms with Gasteiger partial charge in [-0.25, -0.2) is 14.4 Å². The van der Waals surface area contributed by atoms with E-state index in [-0.39, 0.29) is 5.82 Å². The third kappa shape index (κ3) is 2.72. The molecule has 3 heterocycles. The van der Waals surface area contributed by atoms with Gasteiger partial charge in [-0.3, -0.25) is 0 Å². The van der Waals surface area contributed by atoms with E-state index in [1.54, 1.807) is 12.3 Å². The Kier molecular flexibility index (Phi) is 3.79. The summed E-state index contributed by atoms with van der Waals surface area (Å²) in [6.45, 7) is 2.44. The monoisotopic (exact) mass is 310 g/mol. The van der Waals surface area contributed by atoms with Gasteiger partial charge in [-0.05, 0) is 37.6 Å². The van der Waals surface area contributed by atoms with Gasteiger partial charge >= 0.3 is 0 Å². The topological polar surface area (TPSA) is 42.7 Å². The number of imidazole rings is 1. The molecule has 2 aromatic heterocycles. The quantitative estimate of drug-likeness (QED) is 0.808. The fourth-order valence-corrected chi connectivity index (χ4v) is 3.31. The van der Waals surface area contributed by atoms with Crippen LogP contribution >= 0.6 is 0 Å². The molecule has 1 atom stereocenters. The normalized spacial score (nSPS) is 18.4. The molecule has 23 heavy (non-hydrogen) atoms. The maximum atomic E-state index is 14.1. The lowest BCUT2D eigenvalue weighted by molar-refractivity contribution is 0.436. The first-order valence-corrected chi connectivity index (χ1v) is 8.08. The van der Waals surface area contributed by atoms with Crippen LogP contribution in [-0.4, -0.2) is 27.6 Å². The van der Waals surface area contributed by atoms with E-state index in [0.717, 1.165) is 42.9 Å². The number of hydrogen-bond acceptors (Lipinski definition) is 3. The minimum atomic E-state index is -0.182. The number of pyridine rings is 1. The lowest BCUT2D eigenvalue weighted by Gasteiger charge is -2.23. The van der Waals surface area contributed by atoms with E-state index in [4.69, 9.17) is 4.98 Å². The largest absolute Gasteiger partial charge is 0.316 e. The van der Waals surface area contributed by atoms with E-state index in [2.05, 4.69) is 14.9 Å². The van der Waals surface area contributed by atoms with Gasteiger partial charge in [-0.15, -0.1) is 0 Å². The number of aromatic nitrogens is 3. The van der Waals surface area contributed by atoms with Crippen molar-refractivity contribution in [2.24, 2.45) is 0 Å². The van der Waals surface area contributed by atoms with Crippen LogP contribution < -0.4 is 5.32 Å². The van der Waals surface area contributed by atoms with E-state index < -0.39 is 0 Å². The summed E-state index contributed by atoms with van der Waals surface area (Å²) in [5, 5.41) is 3.43. The molecule has 1 unspecified atom stereocenters. The zero-order valence-electron chi connectivity index (χ0n) is 12.9. The Balaban J connectivity index is 1.81. The summed E-state index contributed by atoms with van der Waals surface area (Å²) in [6, 6.07) is 10.8. The lowest BCUT2D eigenvalue weighted by atomic mass is 9.99. The molecule has 0 amide bonds. The number of nitrogens with zero attached hydrogens (tertiary/aromatic N) is 3. The fraction of sp³-hybridized carbons (Fsp3) is 0.333. The van der Waals surface area contributed by atoms with Crippen LogP contribution in [0.15, 0.2) is 42.6 Å². The molecule has 0 radical (unpaired) electrons. The van der Waals surface area contributed by atoms with Gasteiger partial charge in [-0.2, -0.15) is 0 Å². The molecular weight excluding hydrogens is 291 g/mol. The Bertz CT molecular complexity index is 821. The number of benzene rings is 1. The molecule has 0 spiro atoms. The van der Waals surface area contributed by atoms with Crippen LogP contribution in [0, 0.1) is 5.82 Å². The molecule has 4 nitrogen and oxygen atoms in total. The predicted octanol–water partition coefficient (Wildman–Crippen LogP) is 3.09. The molecule has 1 saturated heterocycles. The fourth-order valence-electron chi connectivity index (χ4n) is 3.31. The molecule has 1 aliphatic heterocycles. The van der Waals surface area contributed by atoms with Gasteiger partial charge in [-0.1, -0.05) is 18.2 Å². The molecule has 1 N–H and O–H groups in total. The van der Waals surface area contributed by atoms with E-state index in [0.29, 0.717) is 18.0 Å². The second kappa shape index (κ2) is 6.08. The van der Waals surface area contributed by atoms with Gasteiger partial charge in [0.25, 0.3) is 0 Å². The smallest absolute Gasteiger partial charge is 0.160 e.